The highest BCUT2D eigenvalue weighted by Gasteiger charge is 2.31. The van der Waals surface area contributed by atoms with Crippen molar-refractivity contribution in [3.8, 4) is 0 Å². The Bertz CT molecular complexity index is 302. The molecule has 1 fully saturated rings. The van der Waals surface area contributed by atoms with Crippen LogP contribution in [-0.2, 0) is 11.3 Å². The third kappa shape index (κ3) is 3.07. The van der Waals surface area contributed by atoms with E-state index < -0.39 is 0 Å². The Kier molecular flexibility index (Phi) is 3.11. The fraction of sp³-hybridized carbons (Fsp3) is 0.571. The quantitative estimate of drug-likeness (QED) is 0.728. The molecule has 1 aromatic carbocycles. The van der Waals surface area contributed by atoms with Gasteiger partial charge in [0.2, 0.25) is 0 Å². The zero-order valence-electron chi connectivity index (χ0n) is 9.70. The topological polar surface area (TPSA) is 9.23 Å². The summed E-state index contributed by atoms with van der Waals surface area (Å²) in [6.45, 7) is 5.43. The van der Waals surface area contributed by atoms with Gasteiger partial charge in [-0.15, -0.1) is 0 Å². The molecule has 82 valence electrons. The minimum atomic E-state index is 0.472. The molecule has 0 amide bonds. The summed E-state index contributed by atoms with van der Waals surface area (Å²) in [6.07, 6.45) is 4.20. The fourth-order valence-corrected chi connectivity index (χ4v) is 2.30. The predicted octanol–water partition coefficient (Wildman–Crippen LogP) is 3.78. The van der Waals surface area contributed by atoms with Crippen molar-refractivity contribution in [2.24, 2.45) is 5.41 Å². The van der Waals surface area contributed by atoms with Crippen molar-refractivity contribution < 1.29 is 4.74 Å². The van der Waals surface area contributed by atoms with Crippen molar-refractivity contribution in [1.29, 1.82) is 0 Å². The molecular weight excluding hydrogens is 184 g/mol. The van der Waals surface area contributed by atoms with Crippen LogP contribution in [0, 0.1) is 5.41 Å². The van der Waals surface area contributed by atoms with Crippen molar-refractivity contribution in [2.45, 2.75) is 45.8 Å². The molecule has 1 unspecified atom stereocenters. The Balaban J connectivity index is 1.80. The van der Waals surface area contributed by atoms with Gasteiger partial charge in [-0.1, -0.05) is 44.2 Å². The molecule has 15 heavy (non-hydrogen) atoms. The van der Waals surface area contributed by atoms with Crippen LogP contribution >= 0.6 is 0 Å². The van der Waals surface area contributed by atoms with E-state index in [1.807, 2.05) is 6.07 Å². The smallest absolute Gasteiger partial charge is 0.0720 e. The fourth-order valence-electron chi connectivity index (χ4n) is 2.30. The van der Waals surface area contributed by atoms with E-state index in [0.29, 0.717) is 11.5 Å². The van der Waals surface area contributed by atoms with Crippen LogP contribution in [0.25, 0.3) is 0 Å². The van der Waals surface area contributed by atoms with Gasteiger partial charge in [0.05, 0.1) is 12.7 Å². The molecule has 0 heterocycles. The molecule has 1 heteroatoms. The highest BCUT2D eigenvalue weighted by Crippen LogP contribution is 2.38. The molecule has 0 spiro atoms. The van der Waals surface area contributed by atoms with Gasteiger partial charge in [0.1, 0.15) is 0 Å². The second kappa shape index (κ2) is 4.36. The number of rotatable bonds is 3. The van der Waals surface area contributed by atoms with Crippen LogP contribution in [0.1, 0.15) is 38.7 Å². The molecular formula is C14H20O. The second-order valence-electron chi connectivity index (χ2n) is 5.33. The van der Waals surface area contributed by atoms with Crippen LogP contribution in [-0.4, -0.2) is 6.10 Å². The molecule has 1 aliphatic carbocycles. The van der Waals surface area contributed by atoms with Gasteiger partial charge in [-0.25, -0.2) is 0 Å². The molecule has 0 N–H and O–H groups in total. The summed E-state index contributed by atoms with van der Waals surface area (Å²) in [7, 11) is 0. The average Bonchev–Trinajstić information content (AvgIpc) is 2.57. The van der Waals surface area contributed by atoms with Crippen molar-refractivity contribution in [3.05, 3.63) is 35.9 Å². The Morgan fingerprint density at radius 2 is 2.00 bits per heavy atom. The Hall–Kier alpha value is -0.820. The van der Waals surface area contributed by atoms with Crippen LogP contribution in [0.15, 0.2) is 30.3 Å². The van der Waals surface area contributed by atoms with Crippen molar-refractivity contribution in [1.82, 2.24) is 0 Å². The normalized spacial score (nSPS) is 24.3. The summed E-state index contributed by atoms with van der Waals surface area (Å²) < 4.78 is 5.92. The molecule has 0 radical (unpaired) electrons. The minimum Gasteiger partial charge on any atom is -0.374 e. The Morgan fingerprint density at radius 1 is 1.27 bits per heavy atom. The summed E-state index contributed by atoms with van der Waals surface area (Å²) >= 11 is 0. The van der Waals surface area contributed by atoms with Crippen LogP contribution in [0.4, 0.5) is 0 Å². The van der Waals surface area contributed by atoms with Gasteiger partial charge in [0.15, 0.2) is 0 Å². The van der Waals surface area contributed by atoms with E-state index in [9.17, 15) is 0 Å². The number of benzene rings is 1. The van der Waals surface area contributed by atoms with Crippen molar-refractivity contribution in [3.63, 3.8) is 0 Å². The zero-order chi connectivity index (χ0) is 10.7. The first-order chi connectivity index (χ1) is 7.16. The molecule has 0 saturated heterocycles. The van der Waals surface area contributed by atoms with E-state index in [2.05, 4.69) is 38.1 Å². The van der Waals surface area contributed by atoms with Crippen molar-refractivity contribution in [2.75, 3.05) is 0 Å². The molecule has 0 bridgehead atoms. The predicted molar refractivity (Wildman–Crippen MR) is 62.7 cm³/mol. The van der Waals surface area contributed by atoms with Gasteiger partial charge < -0.3 is 4.74 Å². The van der Waals surface area contributed by atoms with E-state index in [1.165, 1.54) is 24.8 Å². The van der Waals surface area contributed by atoms with Crippen LogP contribution in [0.3, 0.4) is 0 Å². The zero-order valence-corrected chi connectivity index (χ0v) is 9.70. The molecule has 1 nitrogen and oxygen atoms in total. The molecule has 0 aliphatic heterocycles. The summed E-state index contributed by atoms with van der Waals surface area (Å²) in [5.41, 5.74) is 1.77. The summed E-state index contributed by atoms with van der Waals surface area (Å²) in [4.78, 5) is 0. The Morgan fingerprint density at radius 3 is 2.60 bits per heavy atom. The number of ether oxygens (including phenoxy) is 1. The van der Waals surface area contributed by atoms with E-state index in [-0.39, 0.29) is 0 Å². The lowest BCUT2D eigenvalue weighted by Crippen LogP contribution is -2.11. The Labute approximate surface area is 92.5 Å². The molecule has 1 aliphatic rings. The van der Waals surface area contributed by atoms with E-state index in [1.54, 1.807) is 0 Å². The first-order valence-electron chi connectivity index (χ1n) is 5.81. The summed E-state index contributed by atoms with van der Waals surface area (Å²) in [5.74, 6) is 0. The van der Waals surface area contributed by atoms with Gasteiger partial charge in [0.25, 0.3) is 0 Å². The van der Waals surface area contributed by atoms with Gasteiger partial charge in [-0.3, -0.25) is 0 Å². The summed E-state index contributed by atoms with van der Waals surface area (Å²) in [5, 5.41) is 0. The lowest BCUT2D eigenvalue weighted by Gasteiger charge is -2.17. The minimum absolute atomic E-state index is 0.472. The van der Waals surface area contributed by atoms with Gasteiger partial charge in [-0.2, -0.15) is 0 Å². The maximum atomic E-state index is 5.92. The number of hydrogen-bond acceptors (Lipinski definition) is 1. The maximum Gasteiger partial charge on any atom is 0.0720 e. The largest absolute Gasteiger partial charge is 0.374 e. The first kappa shape index (κ1) is 10.7. The standard InChI is InChI=1S/C14H20O/c1-14(2)9-8-13(10-14)15-11-12-6-4-3-5-7-12/h3-7,13H,8-11H2,1-2H3. The van der Waals surface area contributed by atoms with Gasteiger partial charge in [0, 0.05) is 0 Å². The molecule has 1 atom stereocenters. The highest BCUT2D eigenvalue weighted by atomic mass is 16.5. The number of hydrogen-bond donors (Lipinski definition) is 0. The van der Waals surface area contributed by atoms with Crippen LogP contribution in [0.5, 0.6) is 0 Å². The lowest BCUT2D eigenvalue weighted by atomic mass is 9.92. The SMILES string of the molecule is CC1(C)CCC(OCc2ccccc2)C1. The monoisotopic (exact) mass is 204 g/mol. The maximum absolute atomic E-state index is 5.92. The van der Waals surface area contributed by atoms with Crippen molar-refractivity contribution >= 4 is 0 Å². The lowest BCUT2D eigenvalue weighted by molar-refractivity contribution is 0.0391. The van der Waals surface area contributed by atoms with E-state index in [4.69, 9.17) is 4.74 Å². The highest BCUT2D eigenvalue weighted by molar-refractivity contribution is 5.13. The molecule has 0 aromatic heterocycles. The molecule has 1 saturated carbocycles. The first-order valence-corrected chi connectivity index (χ1v) is 5.81. The van der Waals surface area contributed by atoms with E-state index in [0.717, 1.165) is 6.61 Å². The molecule has 2 rings (SSSR count). The summed E-state index contributed by atoms with van der Waals surface area (Å²) in [6, 6.07) is 10.4. The van der Waals surface area contributed by atoms with Crippen LogP contribution in [0.2, 0.25) is 0 Å². The average molecular weight is 204 g/mol. The third-order valence-corrected chi connectivity index (χ3v) is 3.25. The second-order valence-corrected chi connectivity index (χ2v) is 5.33. The van der Waals surface area contributed by atoms with Gasteiger partial charge >= 0.3 is 0 Å². The van der Waals surface area contributed by atoms with Crippen LogP contribution < -0.4 is 0 Å². The van der Waals surface area contributed by atoms with Gasteiger partial charge in [-0.05, 0) is 30.2 Å². The molecule has 1 aromatic rings. The van der Waals surface area contributed by atoms with E-state index >= 15 is 0 Å². The third-order valence-electron chi connectivity index (χ3n) is 3.25.